The highest BCUT2D eigenvalue weighted by molar-refractivity contribution is 7.92. The molecular formula is C13H14N4O2S. The highest BCUT2D eigenvalue weighted by Gasteiger charge is 2.19. The van der Waals surface area contributed by atoms with Crippen molar-refractivity contribution in [1.82, 2.24) is 9.97 Å². The van der Waals surface area contributed by atoms with Gasteiger partial charge in [-0.3, -0.25) is 0 Å². The van der Waals surface area contributed by atoms with E-state index in [1.54, 1.807) is 31.2 Å². The average molecular weight is 290 g/mol. The average Bonchev–Trinajstić information content (AvgIpc) is 2.85. The second kappa shape index (κ2) is 4.75. The van der Waals surface area contributed by atoms with E-state index in [0.29, 0.717) is 5.69 Å². The summed E-state index contributed by atoms with van der Waals surface area (Å²) in [7, 11) is -3.65. The predicted octanol–water partition coefficient (Wildman–Crippen LogP) is 1.55. The minimum absolute atomic E-state index is 0.0867. The van der Waals surface area contributed by atoms with Crippen LogP contribution in [-0.2, 0) is 16.4 Å². The van der Waals surface area contributed by atoms with Gasteiger partial charge in [0.1, 0.15) is 0 Å². The number of aromatic nitrogens is 2. The van der Waals surface area contributed by atoms with Crippen molar-refractivity contribution in [2.24, 2.45) is 0 Å². The number of fused-ring (bicyclic) bond motifs is 1. The second-order valence-corrected chi connectivity index (χ2v) is 6.31. The number of aryl methyl sites for hydroxylation is 1. The van der Waals surface area contributed by atoms with Gasteiger partial charge in [0.15, 0.2) is 0 Å². The molecule has 0 saturated heterocycles. The Hall–Kier alpha value is -2.15. The van der Waals surface area contributed by atoms with Crippen molar-refractivity contribution in [3.05, 3.63) is 41.7 Å². The fourth-order valence-corrected chi connectivity index (χ4v) is 3.13. The minimum Gasteiger partial charge on any atom is -0.384 e. The molecule has 0 bridgehead atoms. The monoisotopic (exact) mass is 290 g/mol. The number of anilines is 2. The van der Waals surface area contributed by atoms with Crippen LogP contribution in [0.5, 0.6) is 0 Å². The smallest absolute Gasteiger partial charge is 0.264 e. The number of hydrogen-bond acceptors (Lipinski definition) is 5. The first-order chi connectivity index (χ1) is 9.54. The van der Waals surface area contributed by atoms with Gasteiger partial charge in [0.2, 0.25) is 5.95 Å². The lowest BCUT2D eigenvalue weighted by Crippen LogP contribution is -2.15. The number of hydrogen-bond donors (Lipinski definition) is 2. The maximum Gasteiger partial charge on any atom is 0.264 e. The van der Waals surface area contributed by atoms with Gasteiger partial charge in [-0.15, -0.1) is 0 Å². The summed E-state index contributed by atoms with van der Waals surface area (Å²) in [5, 5.41) is 3.20. The van der Waals surface area contributed by atoms with Gasteiger partial charge in [0.25, 0.3) is 10.0 Å². The van der Waals surface area contributed by atoms with Crippen molar-refractivity contribution in [3.63, 3.8) is 0 Å². The Morgan fingerprint density at radius 1 is 1.30 bits per heavy atom. The van der Waals surface area contributed by atoms with Crippen molar-refractivity contribution in [3.8, 4) is 0 Å². The number of rotatable bonds is 3. The lowest BCUT2D eigenvalue weighted by atomic mass is 10.2. The van der Waals surface area contributed by atoms with Crippen molar-refractivity contribution in [2.75, 3.05) is 16.6 Å². The molecule has 2 heterocycles. The Bertz CT molecular complexity index is 759. The largest absolute Gasteiger partial charge is 0.384 e. The van der Waals surface area contributed by atoms with E-state index in [-0.39, 0.29) is 10.8 Å². The van der Waals surface area contributed by atoms with Crippen molar-refractivity contribution >= 4 is 21.7 Å². The molecule has 1 aromatic carbocycles. The molecule has 104 valence electrons. The molecule has 2 N–H and O–H groups in total. The fourth-order valence-electron chi connectivity index (χ4n) is 2.13. The molecular weight excluding hydrogens is 276 g/mol. The molecule has 7 heteroatoms. The normalized spacial score (nSPS) is 13.7. The quantitative estimate of drug-likeness (QED) is 0.896. The van der Waals surface area contributed by atoms with Gasteiger partial charge in [-0.1, -0.05) is 0 Å². The first-order valence-electron chi connectivity index (χ1n) is 6.24. The molecule has 0 aliphatic carbocycles. The lowest BCUT2D eigenvalue weighted by Gasteiger charge is -2.08. The number of sulfonamides is 1. The molecule has 20 heavy (non-hydrogen) atoms. The van der Waals surface area contributed by atoms with Gasteiger partial charge in [0.05, 0.1) is 4.90 Å². The van der Waals surface area contributed by atoms with E-state index >= 15 is 0 Å². The molecule has 1 aliphatic rings. The van der Waals surface area contributed by atoms with E-state index in [1.165, 1.54) is 6.20 Å². The van der Waals surface area contributed by atoms with Gasteiger partial charge < -0.3 is 5.32 Å². The first kappa shape index (κ1) is 12.9. The number of nitrogens with zero attached hydrogens (tertiary/aromatic N) is 2. The van der Waals surface area contributed by atoms with Crippen LogP contribution in [0, 0.1) is 6.92 Å². The van der Waals surface area contributed by atoms with Gasteiger partial charge in [-0.05, 0) is 43.2 Å². The third-order valence-electron chi connectivity index (χ3n) is 3.12. The molecule has 1 aromatic heterocycles. The Kier molecular flexibility index (Phi) is 3.06. The third kappa shape index (κ3) is 2.44. The molecule has 0 amide bonds. The van der Waals surface area contributed by atoms with E-state index in [9.17, 15) is 8.42 Å². The summed E-state index contributed by atoms with van der Waals surface area (Å²) in [6, 6.07) is 6.76. The van der Waals surface area contributed by atoms with Crippen LogP contribution in [0.4, 0.5) is 11.6 Å². The van der Waals surface area contributed by atoms with Gasteiger partial charge in [-0.25, -0.2) is 23.1 Å². The van der Waals surface area contributed by atoms with E-state index in [0.717, 1.165) is 24.2 Å². The Labute approximate surface area is 117 Å². The standard InChI is InChI=1S/C13H14N4O2S/c1-9-4-6-15-13(16-9)17-20(18,19)11-2-3-12-10(8-11)5-7-14-12/h2-4,6,8,14H,5,7H2,1H3,(H,15,16,17). The van der Waals surface area contributed by atoms with Crippen LogP contribution in [0.3, 0.4) is 0 Å². The maximum atomic E-state index is 12.3. The fraction of sp³-hybridized carbons (Fsp3) is 0.231. The highest BCUT2D eigenvalue weighted by atomic mass is 32.2. The summed E-state index contributed by atoms with van der Waals surface area (Å²) in [6.45, 7) is 2.62. The zero-order chi connectivity index (χ0) is 14.2. The summed E-state index contributed by atoms with van der Waals surface area (Å²) < 4.78 is 27.0. The van der Waals surface area contributed by atoms with E-state index in [4.69, 9.17) is 0 Å². The second-order valence-electron chi connectivity index (χ2n) is 4.62. The first-order valence-corrected chi connectivity index (χ1v) is 7.72. The van der Waals surface area contributed by atoms with Gasteiger partial charge in [0, 0.05) is 24.1 Å². The van der Waals surface area contributed by atoms with Crippen LogP contribution in [0.25, 0.3) is 0 Å². The lowest BCUT2D eigenvalue weighted by molar-refractivity contribution is 0.600. The van der Waals surface area contributed by atoms with E-state index in [1.807, 2.05) is 0 Å². The molecule has 0 radical (unpaired) electrons. The Morgan fingerprint density at radius 3 is 2.95 bits per heavy atom. The summed E-state index contributed by atoms with van der Waals surface area (Å²) in [5.74, 6) is 0.0867. The SMILES string of the molecule is Cc1ccnc(NS(=O)(=O)c2ccc3c(c2)CCN3)n1. The zero-order valence-corrected chi connectivity index (χ0v) is 11.7. The van der Waals surface area contributed by atoms with Gasteiger partial charge >= 0.3 is 0 Å². The van der Waals surface area contributed by atoms with Crippen LogP contribution < -0.4 is 10.0 Å². The molecule has 0 spiro atoms. The van der Waals surface area contributed by atoms with Crippen molar-refractivity contribution in [1.29, 1.82) is 0 Å². The zero-order valence-electron chi connectivity index (χ0n) is 10.9. The molecule has 0 unspecified atom stereocenters. The molecule has 0 atom stereocenters. The summed E-state index contributed by atoms with van der Waals surface area (Å²) in [4.78, 5) is 8.18. The summed E-state index contributed by atoms with van der Waals surface area (Å²) in [6.07, 6.45) is 2.35. The topological polar surface area (TPSA) is 84.0 Å². The van der Waals surface area contributed by atoms with Crippen LogP contribution in [0.15, 0.2) is 35.4 Å². The van der Waals surface area contributed by atoms with Crippen LogP contribution >= 0.6 is 0 Å². The third-order valence-corrected chi connectivity index (χ3v) is 4.44. The van der Waals surface area contributed by atoms with E-state index < -0.39 is 10.0 Å². The maximum absolute atomic E-state index is 12.3. The Morgan fingerprint density at radius 2 is 2.15 bits per heavy atom. The summed E-state index contributed by atoms with van der Waals surface area (Å²) in [5.41, 5.74) is 2.71. The minimum atomic E-state index is -3.65. The molecule has 3 rings (SSSR count). The molecule has 0 fully saturated rings. The molecule has 0 saturated carbocycles. The molecule has 6 nitrogen and oxygen atoms in total. The molecule has 1 aliphatic heterocycles. The number of benzene rings is 1. The van der Waals surface area contributed by atoms with Crippen molar-refractivity contribution in [2.45, 2.75) is 18.2 Å². The van der Waals surface area contributed by atoms with Crippen molar-refractivity contribution < 1.29 is 8.42 Å². The molecule has 2 aromatic rings. The highest BCUT2D eigenvalue weighted by Crippen LogP contribution is 2.25. The predicted molar refractivity (Wildman–Crippen MR) is 76.2 cm³/mol. The van der Waals surface area contributed by atoms with Crippen LogP contribution in [0.2, 0.25) is 0 Å². The van der Waals surface area contributed by atoms with Crippen LogP contribution in [0.1, 0.15) is 11.3 Å². The number of nitrogens with one attached hydrogen (secondary N) is 2. The Balaban J connectivity index is 1.92. The summed E-state index contributed by atoms with van der Waals surface area (Å²) >= 11 is 0. The van der Waals surface area contributed by atoms with Crippen LogP contribution in [-0.4, -0.2) is 24.9 Å². The van der Waals surface area contributed by atoms with Gasteiger partial charge in [-0.2, -0.15) is 0 Å². The van der Waals surface area contributed by atoms with E-state index in [2.05, 4.69) is 20.0 Å².